The number of halogens is 1. The van der Waals surface area contributed by atoms with Crippen molar-refractivity contribution >= 4 is 39.2 Å². The Bertz CT molecular complexity index is 659. The number of hydrogen-bond donors (Lipinski definition) is 2. The molecule has 0 unspecified atom stereocenters. The molecule has 2 aromatic rings. The Labute approximate surface area is 143 Å². The summed E-state index contributed by atoms with van der Waals surface area (Å²) in [6.45, 7) is 2.26. The molecule has 0 bridgehead atoms. The van der Waals surface area contributed by atoms with E-state index in [0.717, 1.165) is 15.8 Å². The molecule has 2 rings (SSSR count). The Morgan fingerprint density at radius 3 is 2.30 bits per heavy atom. The van der Waals surface area contributed by atoms with Crippen molar-refractivity contribution in [2.75, 3.05) is 23.3 Å². The van der Waals surface area contributed by atoms with Gasteiger partial charge in [0.1, 0.15) is 0 Å². The number of nitrogens with one attached hydrogen (secondary N) is 2. The van der Waals surface area contributed by atoms with Gasteiger partial charge in [-0.1, -0.05) is 34.1 Å². The van der Waals surface area contributed by atoms with Gasteiger partial charge in [0.25, 0.3) is 0 Å². The summed E-state index contributed by atoms with van der Waals surface area (Å²) in [5.74, 6) is -0.0717. The van der Waals surface area contributed by atoms with E-state index in [4.69, 9.17) is 0 Å². The zero-order valence-corrected chi connectivity index (χ0v) is 14.3. The molecule has 0 atom stereocenters. The predicted molar refractivity (Wildman–Crippen MR) is 95.6 cm³/mol. The molecule has 3 amide bonds. The molecule has 0 saturated heterocycles. The second-order valence-corrected chi connectivity index (χ2v) is 5.81. The van der Waals surface area contributed by atoms with Crippen LogP contribution in [-0.4, -0.2) is 25.0 Å². The van der Waals surface area contributed by atoms with Crippen LogP contribution in [0, 0.1) is 0 Å². The van der Waals surface area contributed by atoms with E-state index in [-0.39, 0.29) is 11.9 Å². The number of nitrogens with zero attached hydrogens (tertiary/aromatic N) is 1. The van der Waals surface area contributed by atoms with Gasteiger partial charge in [0.2, 0.25) is 5.91 Å². The lowest BCUT2D eigenvalue weighted by Gasteiger charge is -2.21. The number of anilines is 2. The number of hydrogen-bond acceptors (Lipinski definition) is 2. The lowest BCUT2D eigenvalue weighted by atomic mass is 10.3. The Kier molecular flexibility index (Phi) is 6.17. The number of carbonyl (C=O) groups is 2. The molecule has 0 radical (unpaired) electrons. The molecule has 0 saturated carbocycles. The lowest BCUT2D eigenvalue weighted by Crippen LogP contribution is -2.39. The first-order chi connectivity index (χ1) is 11.1. The van der Waals surface area contributed by atoms with Crippen molar-refractivity contribution in [1.82, 2.24) is 5.32 Å². The van der Waals surface area contributed by atoms with Crippen LogP contribution in [-0.2, 0) is 4.79 Å². The van der Waals surface area contributed by atoms with E-state index in [0.29, 0.717) is 13.1 Å². The normalized spacial score (nSPS) is 10.0. The number of benzene rings is 2. The van der Waals surface area contributed by atoms with Crippen molar-refractivity contribution in [3.05, 3.63) is 59.1 Å². The third-order valence-corrected chi connectivity index (χ3v) is 3.70. The molecule has 6 heteroatoms. The highest BCUT2D eigenvalue weighted by Crippen LogP contribution is 2.18. The topological polar surface area (TPSA) is 61.4 Å². The van der Waals surface area contributed by atoms with Crippen molar-refractivity contribution < 1.29 is 9.59 Å². The van der Waals surface area contributed by atoms with Gasteiger partial charge in [0, 0.05) is 35.9 Å². The Morgan fingerprint density at radius 2 is 1.70 bits per heavy atom. The monoisotopic (exact) mass is 375 g/mol. The van der Waals surface area contributed by atoms with E-state index in [9.17, 15) is 9.59 Å². The first-order valence-electron chi connectivity index (χ1n) is 7.20. The molecule has 0 spiro atoms. The first kappa shape index (κ1) is 17.0. The Balaban J connectivity index is 1.86. The SMILES string of the molecule is CC(=O)N(CCNC(=O)Nc1ccccc1)c1ccc(Br)cc1. The average molecular weight is 376 g/mol. The van der Waals surface area contributed by atoms with Gasteiger partial charge in [-0.2, -0.15) is 0 Å². The number of amides is 3. The summed E-state index contributed by atoms with van der Waals surface area (Å²) in [5, 5.41) is 5.48. The summed E-state index contributed by atoms with van der Waals surface area (Å²) in [6, 6.07) is 16.4. The van der Waals surface area contributed by atoms with E-state index in [1.807, 2.05) is 54.6 Å². The summed E-state index contributed by atoms with van der Waals surface area (Å²) in [4.78, 5) is 25.2. The first-order valence-corrected chi connectivity index (χ1v) is 7.99. The van der Waals surface area contributed by atoms with Crippen molar-refractivity contribution in [3.63, 3.8) is 0 Å². The average Bonchev–Trinajstić information content (AvgIpc) is 2.53. The highest BCUT2D eigenvalue weighted by molar-refractivity contribution is 9.10. The molecule has 0 aliphatic rings. The van der Waals surface area contributed by atoms with Gasteiger partial charge in [-0.15, -0.1) is 0 Å². The zero-order valence-electron chi connectivity index (χ0n) is 12.8. The van der Waals surface area contributed by atoms with Crippen LogP contribution in [0.1, 0.15) is 6.92 Å². The van der Waals surface area contributed by atoms with Crippen LogP contribution in [0.3, 0.4) is 0 Å². The maximum Gasteiger partial charge on any atom is 0.319 e. The highest BCUT2D eigenvalue weighted by atomic mass is 79.9. The van der Waals surface area contributed by atoms with E-state index in [2.05, 4.69) is 26.6 Å². The summed E-state index contributed by atoms with van der Waals surface area (Å²) in [5.41, 5.74) is 1.52. The van der Waals surface area contributed by atoms with Gasteiger partial charge in [0.15, 0.2) is 0 Å². The maximum atomic E-state index is 11.8. The van der Waals surface area contributed by atoms with Crippen LogP contribution in [0.15, 0.2) is 59.1 Å². The minimum atomic E-state index is -0.296. The largest absolute Gasteiger partial charge is 0.336 e. The molecule has 0 aliphatic carbocycles. The second kappa shape index (κ2) is 8.33. The third kappa shape index (κ3) is 5.41. The van der Waals surface area contributed by atoms with Gasteiger partial charge in [-0.25, -0.2) is 4.79 Å². The van der Waals surface area contributed by atoms with Gasteiger partial charge >= 0.3 is 6.03 Å². The van der Waals surface area contributed by atoms with E-state index >= 15 is 0 Å². The van der Waals surface area contributed by atoms with Crippen LogP contribution in [0.4, 0.5) is 16.2 Å². The van der Waals surface area contributed by atoms with Gasteiger partial charge in [0.05, 0.1) is 0 Å². The van der Waals surface area contributed by atoms with Crippen LogP contribution in [0.2, 0.25) is 0 Å². The summed E-state index contributed by atoms with van der Waals surface area (Å²) >= 11 is 3.37. The van der Waals surface area contributed by atoms with Crippen LogP contribution >= 0.6 is 15.9 Å². The zero-order chi connectivity index (χ0) is 16.7. The summed E-state index contributed by atoms with van der Waals surface area (Å²) in [7, 11) is 0. The molecule has 23 heavy (non-hydrogen) atoms. The minimum absolute atomic E-state index is 0.0717. The van der Waals surface area contributed by atoms with Crippen LogP contribution < -0.4 is 15.5 Å². The number of rotatable bonds is 5. The minimum Gasteiger partial charge on any atom is -0.336 e. The summed E-state index contributed by atoms with van der Waals surface area (Å²) < 4.78 is 0.949. The molecule has 2 aromatic carbocycles. The lowest BCUT2D eigenvalue weighted by molar-refractivity contribution is -0.116. The second-order valence-electron chi connectivity index (χ2n) is 4.89. The van der Waals surface area contributed by atoms with Crippen molar-refractivity contribution in [2.45, 2.75) is 6.92 Å². The number of carbonyl (C=O) groups excluding carboxylic acids is 2. The fourth-order valence-electron chi connectivity index (χ4n) is 2.07. The van der Waals surface area contributed by atoms with Gasteiger partial charge in [-0.05, 0) is 36.4 Å². The molecule has 2 N–H and O–H groups in total. The van der Waals surface area contributed by atoms with Crippen molar-refractivity contribution in [3.8, 4) is 0 Å². The quantitative estimate of drug-likeness (QED) is 0.837. The Morgan fingerprint density at radius 1 is 1.04 bits per heavy atom. The van der Waals surface area contributed by atoms with Gasteiger partial charge < -0.3 is 15.5 Å². The third-order valence-electron chi connectivity index (χ3n) is 3.17. The fraction of sp³-hybridized carbons (Fsp3) is 0.176. The van der Waals surface area contributed by atoms with Crippen LogP contribution in [0.5, 0.6) is 0 Å². The number of para-hydroxylation sites is 1. The molecule has 0 aromatic heterocycles. The molecule has 0 heterocycles. The predicted octanol–water partition coefficient (Wildman–Crippen LogP) is 3.62. The van der Waals surface area contributed by atoms with E-state index in [1.54, 1.807) is 4.90 Å². The maximum absolute atomic E-state index is 11.8. The smallest absolute Gasteiger partial charge is 0.319 e. The van der Waals surface area contributed by atoms with Gasteiger partial charge in [-0.3, -0.25) is 4.79 Å². The van der Waals surface area contributed by atoms with Crippen LogP contribution in [0.25, 0.3) is 0 Å². The molecule has 120 valence electrons. The highest BCUT2D eigenvalue weighted by Gasteiger charge is 2.11. The molecular formula is C17H18BrN3O2. The summed E-state index contributed by atoms with van der Waals surface area (Å²) in [6.07, 6.45) is 0. The van der Waals surface area contributed by atoms with E-state index < -0.39 is 0 Å². The van der Waals surface area contributed by atoms with Crippen molar-refractivity contribution in [2.24, 2.45) is 0 Å². The fourth-order valence-corrected chi connectivity index (χ4v) is 2.33. The standard InChI is InChI=1S/C17H18BrN3O2/c1-13(22)21(16-9-7-14(18)8-10-16)12-11-19-17(23)20-15-5-3-2-4-6-15/h2-10H,11-12H2,1H3,(H2,19,20,23). The Hall–Kier alpha value is -2.34. The molecular weight excluding hydrogens is 358 g/mol. The molecule has 0 fully saturated rings. The molecule has 0 aliphatic heterocycles. The molecule has 5 nitrogen and oxygen atoms in total. The van der Waals surface area contributed by atoms with E-state index in [1.165, 1.54) is 6.92 Å². The number of urea groups is 1. The van der Waals surface area contributed by atoms with Crippen molar-refractivity contribution in [1.29, 1.82) is 0 Å².